The van der Waals surface area contributed by atoms with Crippen molar-refractivity contribution in [1.29, 1.82) is 0 Å². The lowest BCUT2D eigenvalue weighted by Crippen LogP contribution is -2.21. The summed E-state index contributed by atoms with van der Waals surface area (Å²) >= 11 is 0. The highest BCUT2D eigenvalue weighted by molar-refractivity contribution is 14.0. The van der Waals surface area contributed by atoms with E-state index in [-0.39, 0.29) is 24.0 Å². The van der Waals surface area contributed by atoms with E-state index in [0.29, 0.717) is 0 Å². The van der Waals surface area contributed by atoms with Gasteiger partial charge in [-0.05, 0) is 0 Å². The van der Waals surface area contributed by atoms with Crippen molar-refractivity contribution in [2.24, 2.45) is 0 Å². The lowest BCUT2D eigenvalue weighted by molar-refractivity contribution is 0.318. The molecule has 0 aromatic carbocycles. The number of halogens is 1. The van der Waals surface area contributed by atoms with Crippen LogP contribution >= 0.6 is 24.0 Å². The smallest absolute Gasteiger partial charge is 0.0894 e. The number of nitrogens with zero attached hydrogens (tertiary/aromatic N) is 2. The first-order valence-electron chi connectivity index (χ1n) is 3.06. The highest BCUT2D eigenvalue weighted by Gasteiger charge is 2.04. The second kappa shape index (κ2) is 4.60. The van der Waals surface area contributed by atoms with Gasteiger partial charge in [0.25, 0.3) is 0 Å². The Morgan fingerprint density at radius 1 is 1.60 bits per heavy atom. The Bertz CT molecular complexity index is 134. The maximum absolute atomic E-state index is 3.66. The third-order valence-corrected chi connectivity index (χ3v) is 1.30. The molecule has 2 nitrogen and oxygen atoms in total. The van der Waals surface area contributed by atoms with Crippen LogP contribution in [-0.2, 0) is 0 Å². The van der Waals surface area contributed by atoms with Crippen molar-refractivity contribution in [1.82, 2.24) is 9.80 Å². The van der Waals surface area contributed by atoms with E-state index in [2.05, 4.69) is 35.8 Å². The number of hydrogen-bond donors (Lipinski definition) is 0. The molecule has 0 aromatic rings. The van der Waals surface area contributed by atoms with Gasteiger partial charge in [-0.2, -0.15) is 0 Å². The van der Waals surface area contributed by atoms with Gasteiger partial charge in [0.2, 0.25) is 0 Å². The lowest BCUT2D eigenvalue weighted by atomic mass is 10.6. The van der Waals surface area contributed by atoms with Crippen LogP contribution in [0.25, 0.3) is 0 Å². The van der Waals surface area contributed by atoms with Gasteiger partial charge in [0.05, 0.1) is 6.67 Å². The molecule has 0 N–H and O–H groups in total. The molecule has 0 spiro atoms. The molecule has 0 unspecified atom stereocenters. The molecule has 10 heavy (non-hydrogen) atoms. The fraction of sp³-hybridized carbons (Fsp3) is 0.429. The molecule has 0 amide bonds. The summed E-state index contributed by atoms with van der Waals surface area (Å²) in [5, 5.41) is 0. The summed E-state index contributed by atoms with van der Waals surface area (Å²) in [6.45, 7) is 5.59. The van der Waals surface area contributed by atoms with Crippen molar-refractivity contribution in [3.8, 4) is 0 Å². The van der Waals surface area contributed by atoms with Gasteiger partial charge >= 0.3 is 0 Å². The van der Waals surface area contributed by atoms with Crippen molar-refractivity contribution in [2.45, 2.75) is 0 Å². The van der Waals surface area contributed by atoms with Crippen molar-refractivity contribution in [3.63, 3.8) is 0 Å². The van der Waals surface area contributed by atoms with E-state index < -0.39 is 0 Å². The molecule has 3 heteroatoms. The SMILES string of the molecule is C=CCN1C=CN(C)C1.I. The third kappa shape index (κ3) is 2.60. The van der Waals surface area contributed by atoms with Crippen LogP contribution in [0.4, 0.5) is 0 Å². The first kappa shape index (κ1) is 9.81. The third-order valence-electron chi connectivity index (χ3n) is 1.30. The Labute approximate surface area is 79.2 Å². The van der Waals surface area contributed by atoms with Crippen LogP contribution in [0.5, 0.6) is 0 Å². The molecule has 0 saturated heterocycles. The molecule has 1 rings (SSSR count). The van der Waals surface area contributed by atoms with E-state index >= 15 is 0 Å². The Balaban J connectivity index is 0.000000810. The van der Waals surface area contributed by atoms with Gasteiger partial charge in [0.1, 0.15) is 0 Å². The van der Waals surface area contributed by atoms with Gasteiger partial charge in [-0.15, -0.1) is 30.6 Å². The fourth-order valence-electron chi connectivity index (χ4n) is 0.873. The van der Waals surface area contributed by atoms with Crippen LogP contribution < -0.4 is 0 Å². The van der Waals surface area contributed by atoms with Gasteiger partial charge in [-0.3, -0.25) is 0 Å². The maximum Gasteiger partial charge on any atom is 0.0894 e. The van der Waals surface area contributed by atoms with Crippen LogP contribution in [0.3, 0.4) is 0 Å². The summed E-state index contributed by atoms with van der Waals surface area (Å²) < 4.78 is 0. The summed E-state index contributed by atoms with van der Waals surface area (Å²) in [5.74, 6) is 0. The molecule has 0 aliphatic carbocycles. The molecule has 1 heterocycles. The molecule has 1 aliphatic heterocycles. The van der Waals surface area contributed by atoms with Crippen LogP contribution in [0.1, 0.15) is 0 Å². The van der Waals surface area contributed by atoms with E-state index in [1.165, 1.54) is 0 Å². The molecule has 0 atom stereocenters. The second-order valence-corrected chi connectivity index (χ2v) is 2.26. The van der Waals surface area contributed by atoms with Gasteiger partial charge < -0.3 is 9.80 Å². The standard InChI is InChI=1S/C7H12N2.HI/c1-3-4-9-6-5-8(2)7-9;/h3,5-6H,1,4,7H2,2H3;1H. The molecule has 1 aliphatic rings. The second-order valence-electron chi connectivity index (χ2n) is 2.26. The van der Waals surface area contributed by atoms with E-state index in [1.54, 1.807) is 0 Å². The van der Waals surface area contributed by atoms with E-state index in [1.807, 2.05) is 6.08 Å². The van der Waals surface area contributed by atoms with Gasteiger partial charge in [-0.1, -0.05) is 6.08 Å². The van der Waals surface area contributed by atoms with E-state index in [9.17, 15) is 0 Å². The van der Waals surface area contributed by atoms with Crippen molar-refractivity contribution in [2.75, 3.05) is 20.3 Å². The van der Waals surface area contributed by atoms with Crippen LogP contribution in [0, 0.1) is 0 Å². The normalized spacial score (nSPS) is 15.3. The quantitative estimate of drug-likeness (QED) is 0.542. The molecule has 0 bridgehead atoms. The average molecular weight is 252 g/mol. The van der Waals surface area contributed by atoms with Crippen LogP contribution in [0.2, 0.25) is 0 Å². The van der Waals surface area contributed by atoms with E-state index in [0.717, 1.165) is 13.2 Å². The molecule has 58 valence electrons. The Hall–Kier alpha value is -0.190. The monoisotopic (exact) mass is 252 g/mol. The zero-order valence-corrected chi connectivity index (χ0v) is 8.49. The van der Waals surface area contributed by atoms with Gasteiger partial charge in [-0.25, -0.2) is 0 Å². The van der Waals surface area contributed by atoms with Crippen molar-refractivity contribution >= 4 is 24.0 Å². The lowest BCUT2D eigenvalue weighted by Gasteiger charge is -2.15. The first-order valence-corrected chi connectivity index (χ1v) is 3.06. The van der Waals surface area contributed by atoms with Crippen molar-refractivity contribution < 1.29 is 0 Å². The summed E-state index contributed by atoms with van der Waals surface area (Å²) in [6.07, 6.45) is 6.04. The Kier molecular flexibility index (Phi) is 4.51. The molecule has 0 saturated carbocycles. The minimum Gasteiger partial charge on any atom is -0.362 e. The predicted octanol–water partition coefficient (Wildman–Crippen LogP) is 1.47. The summed E-state index contributed by atoms with van der Waals surface area (Å²) in [5.41, 5.74) is 0. The van der Waals surface area contributed by atoms with Crippen LogP contribution in [0.15, 0.2) is 25.1 Å². The zero-order chi connectivity index (χ0) is 6.69. The van der Waals surface area contributed by atoms with Gasteiger partial charge in [0, 0.05) is 26.0 Å². The molecular weight excluding hydrogens is 239 g/mol. The first-order chi connectivity index (χ1) is 4.33. The van der Waals surface area contributed by atoms with Gasteiger partial charge in [0.15, 0.2) is 0 Å². The fourth-order valence-corrected chi connectivity index (χ4v) is 0.873. The summed E-state index contributed by atoms with van der Waals surface area (Å²) in [6, 6.07) is 0. The molecule has 0 fully saturated rings. The molecular formula is C7H13IN2. The zero-order valence-electron chi connectivity index (χ0n) is 6.16. The largest absolute Gasteiger partial charge is 0.362 e. The molecule has 0 aromatic heterocycles. The molecule has 0 radical (unpaired) electrons. The van der Waals surface area contributed by atoms with E-state index in [4.69, 9.17) is 0 Å². The highest BCUT2D eigenvalue weighted by Crippen LogP contribution is 2.01. The minimum atomic E-state index is 0. The average Bonchev–Trinajstić information content (AvgIpc) is 2.17. The minimum absolute atomic E-state index is 0. The predicted molar refractivity (Wildman–Crippen MR) is 54.1 cm³/mol. The topological polar surface area (TPSA) is 6.48 Å². The number of hydrogen-bond acceptors (Lipinski definition) is 2. The number of rotatable bonds is 2. The van der Waals surface area contributed by atoms with Crippen LogP contribution in [-0.4, -0.2) is 30.1 Å². The summed E-state index contributed by atoms with van der Waals surface area (Å²) in [4.78, 5) is 4.32. The maximum atomic E-state index is 3.66. The highest BCUT2D eigenvalue weighted by atomic mass is 127. The Morgan fingerprint density at radius 3 is 2.70 bits per heavy atom. The van der Waals surface area contributed by atoms with Crippen molar-refractivity contribution in [3.05, 3.63) is 25.1 Å². The summed E-state index contributed by atoms with van der Waals surface area (Å²) in [7, 11) is 2.06. The Morgan fingerprint density at radius 2 is 2.30 bits per heavy atom.